The molecule has 0 N–H and O–H groups in total. The van der Waals surface area contributed by atoms with Gasteiger partial charge in [-0.05, 0) is 79.6 Å². The molecule has 0 amide bonds. The van der Waals surface area contributed by atoms with Crippen LogP contribution in [0.1, 0.15) is 55.6 Å². The van der Waals surface area contributed by atoms with E-state index in [1.165, 1.54) is 34.9 Å². The van der Waals surface area contributed by atoms with Crippen molar-refractivity contribution in [2.75, 3.05) is 13.1 Å². The zero-order valence-corrected chi connectivity index (χ0v) is 18.8. The summed E-state index contributed by atoms with van der Waals surface area (Å²) in [5.74, 6) is 0.611. The minimum atomic E-state index is 0.119. The minimum absolute atomic E-state index is 0.119. The van der Waals surface area contributed by atoms with Gasteiger partial charge in [-0.15, -0.1) is 0 Å². The molecule has 0 saturated carbocycles. The molecular formula is C26H31NOS. The maximum atomic E-state index is 12.7. The molecule has 1 aliphatic heterocycles. The van der Waals surface area contributed by atoms with Crippen LogP contribution in [0.5, 0.6) is 0 Å². The molecule has 1 heterocycles. The number of likely N-dealkylation sites (tertiary alicyclic amines) is 1. The van der Waals surface area contributed by atoms with E-state index in [-0.39, 0.29) is 10.5 Å². The van der Waals surface area contributed by atoms with E-state index in [4.69, 9.17) is 0 Å². The lowest BCUT2D eigenvalue weighted by molar-refractivity contribution is 0.0396. The molecule has 2 nitrogen and oxygen atoms in total. The smallest absolute Gasteiger partial charge is 0.224 e. The third-order valence-electron chi connectivity index (χ3n) is 7.05. The topological polar surface area (TPSA) is 20.3 Å². The zero-order chi connectivity index (χ0) is 20.6. The predicted octanol–water partition coefficient (Wildman–Crippen LogP) is 6.11. The minimum Gasteiger partial charge on any atom is -0.296 e. The summed E-state index contributed by atoms with van der Waals surface area (Å²) >= 11 is 1.36. The summed E-state index contributed by atoms with van der Waals surface area (Å²) in [4.78, 5) is 16.4. The molecule has 3 atom stereocenters. The molecule has 1 saturated heterocycles. The fraction of sp³-hybridized carbons (Fsp3) is 0.423. The number of rotatable bonds is 4. The van der Waals surface area contributed by atoms with E-state index in [0.717, 1.165) is 30.0 Å². The van der Waals surface area contributed by atoms with Crippen LogP contribution in [0.2, 0.25) is 0 Å². The molecule has 1 fully saturated rings. The van der Waals surface area contributed by atoms with Crippen LogP contribution in [-0.4, -0.2) is 29.1 Å². The van der Waals surface area contributed by atoms with Crippen molar-refractivity contribution >= 4 is 16.9 Å². The van der Waals surface area contributed by atoms with E-state index in [9.17, 15) is 4.79 Å². The molecular weight excluding hydrogens is 374 g/mol. The first kappa shape index (κ1) is 20.4. The van der Waals surface area contributed by atoms with E-state index in [2.05, 4.69) is 56.9 Å². The molecule has 2 aromatic carbocycles. The van der Waals surface area contributed by atoms with Gasteiger partial charge in [0.15, 0.2) is 0 Å². The van der Waals surface area contributed by atoms with Gasteiger partial charge in [0.25, 0.3) is 0 Å². The van der Waals surface area contributed by atoms with Gasteiger partial charge in [0, 0.05) is 23.0 Å². The first-order valence-corrected chi connectivity index (χ1v) is 11.5. The summed E-state index contributed by atoms with van der Waals surface area (Å²) in [5.41, 5.74) is 5.28. The number of fused-ring (bicyclic) bond motifs is 4. The summed E-state index contributed by atoms with van der Waals surface area (Å²) in [6.45, 7) is 11.4. The Bertz CT molecular complexity index is 931. The fourth-order valence-electron chi connectivity index (χ4n) is 5.02. The second-order valence-corrected chi connectivity index (χ2v) is 10.1. The SMILES string of the molecule is CC(C)=CCN1CC[C@@]2(C)c3cc(SC(=O)c4ccccc4)ccc3CC1[C@@H]2C. The summed E-state index contributed by atoms with van der Waals surface area (Å²) in [7, 11) is 0. The van der Waals surface area contributed by atoms with Crippen molar-refractivity contribution in [2.24, 2.45) is 5.92 Å². The van der Waals surface area contributed by atoms with Gasteiger partial charge in [0.05, 0.1) is 0 Å². The number of carbonyl (C=O) groups is 1. The van der Waals surface area contributed by atoms with E-state index >= 15 is 0 Å². The van der Waals surface area contributed by atoms with Crippen molar-refractivity contribution in [3.8, 4) is 0 Å². The van der Waals surface area contributed by atoms with Crippen LogP contribution < -0.4 is 0 Å². The van der Waals surface area contributed by atoms with Crippen molar-refractivity contribution in [2.45, 2.75) is 56.9 Å². The highest BCUT2D eigenvalue weighted by Gasteiger charge is 2.48. The van der Waals surface area contributed by atoms with Crippen LogP contribution in [0.3, 0.4) is 0 Å². The molecule has 0 spiro atoms. The van der Waals surface area contributed by atoms with E-state index in [1.54, 1.807) is 0 Å². The van der Waals surface area contributed by atoms with Gasteiger partial charge in [-0.2, -0.15) is 0 Å². The highest BCUT2D eigenvalue weighted by molar-refractivity contribution is 8.14. The van der Waals surface area contributed by atoms with Crippen molar-refractivity contribution in [3.05, 3.63) is 76.9 Å². The van der Waals surface area contributed by atoms with Crippen LogP contribution in [0.25, 0.3) is 0 Å². The van der Waals surface area contributed by atoms with Gasteiger partial charge in [-0.3, -0.25) is 9.69 Å². The monoisotopic (exact) mass is 405 g/mol. The maximum absolute atomic E-state index is 12.7. The lowest BCUT2D eigenvalue weighted by Gasteiger charge is -2.54. The predicted molar refractivity (Wildman–Crippen MR) is 123 cm³/mol. The summed E-state index contributed by atoms with van der Waals surface area (Å²) in [5, 5.41) is 0.119. The lowest BCUT2D eigenvalue weighted by atomic mass is 9.59. The Balaban J connectivity index is 1.59. The molecule has 3 heteroatoms. The molecule has 2 aromatic rings. The Morgan fingerprint density at radius 1 is 1.21 bits per heavy atom. The highest BCUT2D eigenvalue weighted by atomic mass is 32.2. The molecule has 0 radical (unpaired) electrons. The van der Waals surface area contributed by atoms with E-state index in [0.29, 0.717) is 12.0 Å². The van der Waals surface area contributed by atoms with Gasteiger partial charge in [-0.1, -0.05) is 61.9 Å². The highest BCUT2D eigenvalue weighted by Crippen LogP contribution is 2.49. The first-order valence-electron chi connectivity index (χ1n) is 10.7. The largest absolute Gasteiger partial charge is 0.296 e. The second-order valence-electron chi connectivity index (χ2n) is 9.08. The second kappa shape index (κ2) is 8.12. The molecule has 4 rings (SSSR count). The Kier molecular flexibility index (Phi) is 5.72. The Morgan fingerprint density at radius 3 is 2.69 bits per heavy atom. The van der Waals surface area contributed by atoms with Crippen LogP contribution in [0, 0.1) is 5.92 Å². The van der Waals surface area contributed by atoms with Crippen LogP contribution in [0.15, 0.2) is 65.1 Å². The Labute approximate surface area is 179 Å². The number of thioether (sulfide) groups is 1. The summed E-state index contributed by atoms with van der Waals surface area (Å²) < 4.78 is 0. The molecule has 1 aliphatic carbocycles. The molecule has 2 bridgehead atoms. The number of hydrogen-bond donors (Lipinski definition) is 0. The Morgan fingerprint density at radius 2 is 1.97 bits per heavy atom. The van der Waals surface area contributed by atoms with Crippen molar-refractivity contribution < 1.29 is 4.79 Å². The standard InChI is InChI=1S/C26H31NOS/c1-18(2)12-14-27-15-13-26(4)19(3)24(27)16-21-10-11-22(17-23(21)26)29-25(28)20-8-6-5-7-9-20/h5-12,17,19,24H,13-16H2,1-4H3/t19-,24?,26+/m0/s1. The summed E-state index contributed by atoms with van der Waals surface area (Å²) in [6.07, 6.45) is 4.65. The number of hydrogen-bond acceptors (Lipinski definition) is 3. The van der Waals surface area contributed by atoms with Gasteiger partial charge in [0.1, 0.15) is 0 Å². The number of allylic oxidation sites excluding steroid dienone is 1. The average molecular weight is 406 g/mol. The molecule has 2 aliphatic rings. The normalized spacial score (nSPS) is 25.9. The van der Waals surface area contributed by atoms with Crippen molar-refractivity contribution in [3.63, 3.8) is 0 Å². The molecule has 0 aromatic heterocycles. The number of piperidine rings is 1. The first-order chi connectivity index (χ1) is 13.9. The average Bonchev–Trinajstić information content (AvgIpc) is 2.71. The van der Waals surface area contributed by atoms with E-state index < -0.39 is 0 Å². The number of benzene rings is 2. The van der Waals surface area contributed by atoms with Crippen molar-refractivity contribution in [1.82, 2.24) is 4.90 Å². The lowest BCUT2D eigenvalue weighted by Crippen LogP contribution is -2.57. The third-order valence-corrected chi connectivity index (χ3v) is 7.96. The number of nitrogens with zero attached hydrogens (tertiary/aromatic N) is 1. The fourth-order valence-corrected chi connectivity index (χ4v) is 5.80. The molecule has 29 heavy (non-hydrogen) atoms. The van der Waals surface area contributed by atoms with Gasteiger partial charge < -0.3 is 0 Å². The zero-order valence-electron chi connectivity index (χ0n) is 17.9. The third kappa shape index (κ3) is 3.95. The van der Waals surface area contributed by atoms with Crippen LogP contribution in [0.4, 0.5) is 0 Å². The Hall–Kier alpha value is -1.84. The van der Waals surface area contributed by atoms with Gasteiger partial charge in [-0.25, -0.2) is 0 Å². The maximum Gasteiger partial charge on any atom is 0.224 e. The quantitative estimate of drug-likeness (QED) is 0.452. The van der Waals surface area contributed by atoms with Gasteiger partial charge >= 0.3 is 0 Å². The molecule has 152 valence electrons. The van der Waals surface area contributed by atoms with Crippen molar-refractivity contribution in [1.29, 1.82) is 0 Å². The summed E-state index contributed by atoms with van der Waals surface area (Å²) in [6, 6.07) is 16.9. The van der Waals surface area contributed by atoms with E-state index in [1.807, 2.05) is 30.3 Å². The number of carbonyl (C=O) groups excluding carboxylic acids is 1. The molecule has 1 unspecified atom stereocenters. The van der Waals surface area contributed by atoms with Crippen LogP contribution in [-0.2, 0) is 11.8 Å². The van der Waals surface area contributed by atoms with Crippen LogP contribution >= 0.6 is 11.8 Å². The van der Waals surface area contributed by atoms with Gasteiger partial charge in [0.2, 0.25) is 5.12 Å².